The maximum absolute atomic E-state index is 2.89. The summed E-state index contributed by atoms with van der Waals surface area (Å²) >= 11 is 3.92. The van der Waals surface area contributed by atoms with Crippen LogP contribution in [0.3, 0.4) is 0 Å². The van der Waals surface area contributed by atoms with Crippen LogP contribution < -0.4 is 31.1 Å². The summed E-state index contributed by atoms with van der Waals surface area (Å²) in [7, 11) is 0. The van der Waals surface area contributed by atoms with Crippen molar-refractivity contribution in [1.29, 1.82) is 0 Å². The van der Waals surface area contributed by atoms with Gasteiger partial charge in [-0.1, -0.05) is 175 Å². The Balaban J connectivity index is 1.09. The van der Waals surface area contributed by atoms with Crippen molar-refractivity contribution in [3.8, 4) is 0 Å². The Bertz CT molecular complexity index is 4430. The SMILES string of the molecule is CC(C)(C)c1ccc2c(c1)C1(C)CCCCC1(C)N2c1cc2c3c(c1)N(c1cccc4sc5ccccc5c14)c1c(ccc4c1sc1ccccc14)B3c1cc3c(cc1N2c1ccc2c(c1)C(C)(C)CCC2(C)C)C(C)(C)CCC3(C)C. The van der Waals surface area contributed by atoms with Gasteiger partial charge < -0.3 is 14.7 Å². The fourth-order valence-electron chi connectivity index (χ4n) is 17.2. The lowest BCUT2D eigenvalue weighted by atomic mass is 9.33. The van der Waals surface area contributed by atoms with E-state index in [1.807, 2.05) is 22.7 Å². The van der Waals surface area contributed by atoms with Crippen molar-refractivity contribution in [3.05, 3.63) is 173 Å². The molecule has 0 amide bonds. The molecule has 1 saturated carbocycles. The molecule has 1 fully saturated rings. The van der Waals surface area contributed by atoms with Gasteiger partial charge in [-0.2, -0.15) is 0 Å². The van der Waals surface area contributed by atoms with Crippen LogP contribution in [0.4, 0.5) is 45.5 Å². The highest BCUT2D eigenvalue weighted by Crippen LogP contribution is 2.63. The molecule has 6 aliphatic rings. The summed E-state index contributed by atoms with van der Waals surface area (Å²) in [5.74, 6) is 0. The van der Waals surface area contributed by atoms with Gasteiger partial charge in [0.2, 0.25) is 0 Å². The highest BCUT2D eigenvalue weighted by Gasteiger charge is 2.59. The molecule has 6 heteroatoms. The van der Waals surface area contributed by atoms with Crippen LogP contribution in [0.2, 0.25) is 0 Å². The van der Waals surface area contributed by atoms with Gasteiger partial charge in [0.25, 0.3) is 6.71 Å². The third-order valence-electron chi connectivity index (χ3n) is 22.5. The number of nitrogens with zero attached hydrogens (tertiary/aromatic N) is 3. The van der Waals surface area contributed by atoms with Gasteiger partial charge in [0.15, 0.2) is 0 Å². The molecule has 10 aromatic rings. The van der Waals surface area contributed by atoms with E-state index in [2.05, 4.69) is 244 Å². The van der Waals surface area contributed by atoms with E-state index in [9.17, 15) is 0 Å². The molecule has 82 heavy (non-hydrogen) atoms. The van der Waals surface area contributed by atoms with Gasteiger partial charge in [-0.3, -0.25) is 0 Å². The van der Waals surface area contributed by atoms with Gasteiger partial charge in [-0.25, -0.2) is 0 Å². The first-order valence-corrected chi connectivity index (χ1v) is 32.5. The Morgan fingerprint density at radius 1 is 0.427 bits per heavy atom. The van der Waals surface area contributed by atoms with Crippen LogP contribution in [0, 0.1) is 0 Å². The molecule has 0 bridgehead atoms. The van der Waals surface area contributed by atoms with E-state index in [4.69, 9.17) is 0 Å². The quantitative estimate of drug-likeness (QED) is 0.163. The fourth-order valence-corrected chi connectivity index (χ4v) is 19.6. The molecular weight excluding hydrogens is 1030 g/mol. The van der Waals surface area contributed by atoms with Crippen LogP contribution in [0.25, 0.3) is 40.3 Å². The molecule has 0 N–H and O–H groups in total. The number of rotatable bonds is 3. The monoisotopic (exact) mass is 1110 g/mol. The number of thiophene rings is 2. The van der Waals surface area contributed by atoms with E-state index in [1.165, 1.54) is 174 Å². The van der Waals surface area contributed by atoms with Gasteiger partial charge in [0, 0.05) is 75.2 Å². The predicted octanol–water partition coefficient (Wildman–Crippen LogP) is 20.2. The topological polar surface area (TPSA) is 9.72 Å². The number of hydrogen-bond acceptors (Lipinski definition) is 5. The zero-order valence-electron chi connectivity index (χ0n) is 50.7. The minimum absolute atomic E-state index is 0.0123. The number of hydrogen-bond donors (Lipinski definition) is 0. The Morgan fingerprint density at radius 3 is 1.77 bits per heavy atom. The van der Waals surface area contributed by atoms with E-state index < -0.39 is 0 Å². The minimum Gasteiger partial charge on any atom is -0.334 e. The molecule has 3 aliphatic carbocycles. The Kier molecular flexibility index (Phi) is 10.5. The van der Waals surface area contributed by atoms with Crippen molar-refractivity contribution >= 4 is 132 Å². The van der Waals surface area contributed by atoms with E-state index >= 15 is 0 Å². The molecule has 5 heterocycles. The molecule has 2 aromatic heterocycles. The molecular formula is C76H78BN3S2. The number of fused-ring (bicyclic) bond motifs is 16. The van der Waals surface area contributed by atoms with Crippen LogP contribution in [0.5, 0.6) is 0 Å². The lowest BCUT2D eigenvalue weighted by Crippen LogP contribution is -2.62. The van der Waals surface area contributed by atoms with E-state index in [1.54, 1.807) is 0 Å². The van der Waals surface area contributed by atoms with Crippen LogP contribution in [0.15, 0.2) is 140 Å². The van der Waals surface area contributed by atoms with Crippen molar-refractivity contribution < 1.29 is 0 Å². The number of benzene rings is 8. The first-order chi connectivity index (χ1) is 39.0. The van der Waals surface area contributed by atoms with Crippen LogP contribution in [-0.2, 0) is 32.5 Å². The molecule has 0 spiro atoms. The summed E-state index contributed by atoms with van der Waals surface area (Å²) in [6.45, 7) is 32.5. The van der Waals surface area contributed by atoms with Gasteiger partial charge in [-0.15, -0.1) is 22.7 Å². The fraction of sp³-hybridized carbons (Fsp3) is 0.368. The smallest absolute Gasteiger partial charge is 0.252 e. The summed E-state index contributed by atoms with van der Waals surface area (Å²) in [5.41, 5.74) is 23.6. The molecule has 0 saturated heterocycles. The zero-order chi connectivity index (χ0) is 56.6. The average Bonchev–Trinajstić information content (AvgIpc) is 3.64. The third kappa shape index (κ3) is 6.83. The Labute approximate surface area is 495 Å². The summed E-state index contributed by atoms with van der Waals surface area (Å²) < 4.78 is 5.36. The molecule has 412 valence electrons. The lowest BCUT2D eigenvalue weighted by molar-refractivity contribution is 0.195. The van der Waals surface area contributed by atoms with Crippen molar-refractivity contribution in [2.24, 2.45) is 0 Å². The molecule has 16 rings (SSSR count). The second kappa shape index (κ2) is 16.7. The van der Waals surface area contributed by atoms with Gasteiger partial charge >= 0.3 is 0 Å². The third-order valence-corrected chi connectivity index (χ3v) is 24.8. The largest absolute Gasteiger partial charge is 0.334 e. The molecule has 0 radical (unpaired) electrons. The maximum atomic E-state index is 2.89. The molecule has 3 nitrogen and oxygen atoms in total. The average molecular weight is 1110 g/mol. The summed E-state index contributed by atoms with van der Waals surface area (Å²) in [6, 6.07) is 56.7. The predicted molar refractivity (Wildman–Crippen MR) is 358 cm³/mol. The lowest BCUT2D eigenvalue weighted by Gasteiger charge is -2.51. The van der Waals surface area contributed by atoms with E-state index in [0.717, 1.165) is 12.8 Å². The van der Waals surface area contributed by atoms with Crippen LogP contribution >= 0.6 is 22.7 Å². The molecule has 3 aliphatic heterocycles. The van der Waals surface area contributed by atoms with Gasteiger partial charge in [0.05, 0.1) is 21.6 Å². The van der Waals surface area contributed by atoms with E-state index in [-0.39, 0.29) is 44.7 Å². The van der Waals surface area contributed by atoms with Crippen LogP contribution in [-0.4, -0.2) is 12.3 Å². The first kappa shape index (κ1) is 51.3. The highest BCUT2D eigenvalue weighted by molar-refractivity contribution is 7.27. The number of anilines is 8. The highest BCUT2D eigenvalue weighted by atomic mass is 32.1. The maximum Gasteiger partial charge on any atom is 0.252 e. The second-order valence-corrected chi connectivity index (χ2v) is 32.2. The zero-order valence-corrected chi connectivity index (χ0v) is 52.3. The Morgan fingerprint density at radius 2 is 1.05 bits per heavy atom. The van der Waals surface area contributed by atoms with Crippen LogP contribution in [0.1, 0.15) is 175 Å². The second-order valence-electron chi connectivity index (χ2n) is 30.1. The van der Waals surface area contributed by atoms with Crippen molar-refractivity contribution in [2.75, 3.05) is 14.7 Å². The molecule has 8 aromatic carbocycles. The van der Waals surface area contributed by atoms with E-state index in [0.29, 0.717) is 0 Å². The van der Waals surface area contributed by atoms with Gasteiger partial charge in [-0.05, 0) is 183 Å². The standard InChI is InChI=1S/C76H78BN3S2/c1-70(2,3)45-27-32-58-55(39-45)75(12)33-18-19-34-76(75,13)80(58)47-41-61-67-62(42-47)79(59-23-20-26-65-66(59)50-22-15-17-25-64(50)81-65)68-56(31-29-49-48-21-14-16-24-63(48)82-69(49)68)77(67)57-43-53-54(74(10,11)38-37-73(53,8)9)44-60(57)78(61)46-28-30-51-52(40-46)72(6,7)36-35-71(51,4)5/h14-17,20-32,39-44H,18-19,33-38H2,1-13H3. The summed E-state index contributed by atoms with van der Waals surface area (Å²) in [5, 5.41) is 5.34. The summed E-state index contributed by atoms with van der Waals surface area (Å²) in [6.07, 6.45) is 9.46. The van der Waals surface area contributed by atoms with Gasteiger partial charge in [0.1, 0.15) is 0 Å². The summed E-state index contributed by atoms with van der Waals surface area (Å²) in [4.78, 5) is 8.50. The first-order valence-electron chi connectivity index (χ1n) is 30.9. The molecule has 2 unspecified atom stereocenters. The normalized spacial score (nSPS) is 22.5. The molecule has 2 atom stereocenters. The van der Waals surface area contributed by atoms with Crippen molar-refractivity contribution in [1.82, 2.24) is 0 Å². The minimum atomic E-state index is -0.169. The Hall–Kier alpha value is -6.34. The van der Waals surface area contributed by atoms with Crippen molar-refractivity contribution in [2.45, 2.75) is 179 Å². The van der Waals surface area contributed by atoms with Crippen molar-refractivity contribution in [3.63, 3.8) is 0 Å².